The smallest absolute Gasteiger partial charge is 0.325 e. The van der Waals surface area contributed by atoms with Gasteiger partial charge < -0.3 is 20.1 Å². The van der Waals surface area contributed by atoms with Crippen LogP contribution in [0.3, 0.4) is 0 Å². The first-order valence-electron chi connectivity index (χ1n) is 14.8. The van der Waals surface area contributed by atoms with Crippen LogP contribution in [0.2, 0.25) is 0 Å². The number of benzene rings is 1. The van der Waals surface area contributed by atoms with Crippen molar-refractivity contribution < 1.29 is 28.7 Å². The molecule has 4 rings (SSSR count). The lowest BCUT2D eigenvalue weighted by Gasteiger charge is -2.35. The summed E-state index contributed by atoms with van der Waals surface area (Å²) in [7, 11) is 1.60. The molecule has 11 heteroatoms. The van der Waals surface area contributed by atoms with Gasteiger partial charge in [-0.2, -0.15) is 0 Å². The van der Waals surface area contributed by atoms with Crippen LogP contribution >= 0.6 is 0 Å². The third-order valence-corrected chi connectivity index (χ3v) is 7.91. The molecule has 3 N–H and O–H groups in total. The number of amides is 3. The number of carbonyl (C=O) groups excluding carboxylic acids is 4. The Balaban J connectivity index is 1.76. The molecule has 2 aliphatic heterocycles. The minimum Gasteiger partial charge on any atom is -0.455 e. The highest BCUT2D eigenvalue weighted by atomic mass is 16.5. The second-order valence-electron chi connectivity index (χ2n) is 12.3. The molecular weight excluding hydrogens is 550 g/mol. The van der Waals surface area contributed by atoms with Crippen molar-refractivity contribution in [2.75, 3.05) is 13.7 Å². The van der Waals surface area contributed by atoms with Gasteiger partial charge in [-0.1, -0.05) is 38.1 Å². The summed E-state index contributed by atoms with van der Waals surface area (Å²) in [6.07, 6.45) is 4.01. The van der Waals surface area contributed by atoms with Crippen LogP contribution in [0.15, 0.2) is 30.3 Å². The van der Waals surface area contributed by atoms with Crippen LogP contribution in [0.1, 0.15) is 77.3 Å². The molecule has 0 spiro atoms. The molecule has 3 heterocycles. The first kappa shape index (κ1) is 32.1. The van der Waals surface area contributed by atoms with Crippen molar-refractivity contribution in [2.45, 2.75) is 85.2 Å². The molecule has 2 aliphatic rings. The zero-order chi connectivity index (χ0) is 31.5. The Morgan fingerprint density at radius 3 is 2.56 bits per heavy atom. The third kappa shape index (κ3) is 7.40. The second kappa shape index (κ2) is 13.2. The number of nitrogens with one attached hydrogen (secondary N) is 3. The van der Waals surface area contributed by atoms with E-state index >= 15 is 0 Å². The Morgan fingerprint density at radius 1 is 1.12 bits per heavy atom. The summed E-state index contributed by atoms with van der Waals surface area (Å²) in [5, 5.41) is 7.88. The van der Waals surface area contributed by atoms with Crippen LogP contribution in [0, 0.1) is 11.3 Å². The predicted molar refractivity (Wildman–Crippen MR) is 162 cm³/mol. The largest absolute Gasteiger partial charge is 0.455 e. The quantitative estimate of drug-likeness (QED) is 0.462. The average Bonchev–Trinajstić information content (AvgIpc) is 2.97. The highest BCUT2D eigenvalue weighted by molar-refractivity contribution is 5.94. The molecule has 1 saturated heterocycles. The van der Waals surface area contributed by atoms with Crippen molar-refractivity contribution in [1.82, 2.24) is 26.1 Å². The van der Waals surface area contributed by atoms with Gasteiger partial charge in [0.05, 0.1) is 23.2 Å². The van der Waals surface area contributed by atoms with E-state index in [0.29, 0.717) is 30.6 Å². The van der Waals surface area contributed by atoms with Gasteiger partial charge in [-0.05, 0) is 64.2 Å². The molecule has 43 heavy (non-hydrogen) atoms. The molecule has 0 aliphatic carbocycles. The van der Waals surface area contributed by atoms with E-state index in [0.717, 1.165) is 16.5 Å². The fraction of sp³-hybridized carbons (Fsp3) is 0.531. The number of methoxy groups -OCH3 is 1. The van der Waals surface area contributed by atoms with Crippen molar-refractivity contribution in [2.24, 2.45) is 11.3 Å². The van der Waals surface area contributed by atoms with Crippen LogP contribution in [0.4, 0.5) is 0 Å². The van der Waals surface area contributed by atoms with Gasteiger partial charge >= 0.3 is 5.97 Å². The Bertz CT molecular complexity index is 1420. The third-order valence-electron chi connectivity index (χ3n) is 7.91. The van der Waals surface area contributed by atoms with Crippen molar-refractivity contribution in [3.05, 3.63) is 47.2 Å². The molecule has 3 amide bonds. The molecule has 2 aromatic rings. The first-order valence-corrected chi connectivity index (χ1v) is 14.8. The molecule has 1 aromatic heterocycles. The zero-order valence-corrected chi connectivity index (χ0v) is 26.0. The van der Waals surface area contributed by atoms with Gasteiger partial charge in [-0.25, -0.2) is 10.4 Å². The highest BCUT2D eigenvalue weighted by Gasteiger charge is 2.35. The number of carbonyl (C=O) groups is 4. The molecule has 1 aromatic carbocycles. The fourth-order valence-corrected chi connectivity index (χ4v) is 5.24. The number of cyclic esters (lactones) is 1. The van der Waals surface area contributed by atoms with Gasteiger partial charge in [0.2, 0.25) is 11.8 Å². The summed E-state index contributed by atoms with van der Waals surface area (Å²) < 4.78 is 11.3. The number of nitrogens with zero attached hydrogens (tertiary/aromatic N) is 2. The Morgan fingerprint density at radius 2 is 1.86 bits per heavy atom. The predicted octanol–water partition coefficient (Wildman–Crippen LogP) is 3.18. The number of hydrogen-bond donors (Lipinski definition) is 3. The van der Waals surface area contributed by atoms with Crippen molar-refractivity contribution in [3.63, 3.8) is 0 Å². The number of aromatic nitrogens is 1. The lowest BCUT2D eigenvalue weighted by molar-refractivity contribution is -0.157. The highest BCUT2D eigenvalue weighted by Crippen LogP contribution is 2.28. The lowest BCUT2D eigenvalue weighted by Crippen LogP contribution is -2.61. The van der Waals surface area contributed by atoms with Crippen LogP contribution in [0.5, 0.6) is 0 Å². The van der Waals surface area contributed by atoms with Gasteiger partial charge in [0.25, 0.3) is 5.91 Å². The van der Waals surface area contributed by atoms with Gasteiger partial charge in [-0.15, -0.1) is 0 Å². The maximum atomic E-state index is 13.4. The average molecular weight is 594 g/mol. The summed E-state index contributed by atoms with van der Waals surface area (Å²) in [4.78, 5) is 58.1. The van der Waals surface area contributed by atoms with E-state index in [9.17, 15) is 19.2 Å². The molecule has 11 nitrogen and oxygen atoms in total. The van der Waals surface area contributed by atoms with E-state index in [1.54, 1.807) is 40.9 Å². The number of rotatable bonds is 3. The molecule has 232 valence electrons. The topological polar surface area (TPSA) is 139 Å². The first-order chi connectivity index (χ1) is 20.3. The Kier molecular flexibility index (Phi) is 9.86. The number of hydrazine groups is 1. The van der Waals surface area contributed by atoms with Crippen LogP contribution in [0.25, 0.3) is 17.0 Å². The molecule has 0 saturated carbocycles. The fourth-order valence-electron chi connectivity index (χ4n) is 5.24. The molecule has 5 bridgehead atoms. The standard InChI is InChI=1S/C32H43N5O6/c1-18(2)26-28(38)33-19(3)29(39)37-14-8-9-24(36-37)30(40)43-20(4)27-23(17-42-7)16-22-11-10-21(15-25(22)34-27)12-13-32(5,6)31(41)35-26/h10-13,15-16,18-20,24,26,36H,8-9,14,17H2,1-7H3,(H,33,38)(H,35,41)/b13-12+/t19-,20+,24?,26-/m0/s1. The maximum Gasteiger partial charge on any atom is 0.325 e. The van der Waals surface area contributed by atoms with E-state index in [1.807, 2.05) is 44.2 Å². The molecule has 4 atom stereocenters. The maximum absolute atomic E-state index is 13.4. The number of esters is 1. The van der Waals surface area contributed by atoms with Crippen molar-refractivity contribution in [3.8, 4) is 0 Å². The second-order valence-corrected chi connectivity index (χ2v) is 12.3. The zero-order valence-electron chi connectivity index (χ0n) is 26.0. The normalized spacial score (nSPS) is 26.2. The van der Waals surface area contributed by atoms with Crippen LogP contribution < -0.4 is 16.1 Å². The summed E-state index contributed by atoms with van der Waals surface area (Å²) in [6, 6.07) is 5.28. The van der Waals surface area contributed by atoms with Crippen LogP contribution in [-0.2, 0) is 35.3 Å². The molecule has 1 fully saturated rings. The van der Waals surface area contributed by atoms with Gasteiger partial charge in [-0.3, -0.25) is 24.2 Å². The summed E-state index contributed by atoms with van der Waals surface area (Å²) >= 11 is 0. The molecule has 1 unspecified atom stereocenters. The van der Waals surface area contributed by atoms with Gasteiger partial charge in [0.15, 0.2) is 0 Å². The number of fused-ring (bicyclic) bond motifs is 4. The van der Waals surface area contributed by atoms with E-state index in [2.05, 4.69) is 16.1 Å². The summed E-state index contributed by atoms with van der Waals surface area (Å²) in [5.41, 5.74) is 4.95. The SMILES string of the molecule is COCc1cc2ccc3cc2nc1[C@@H](C)OC(=O)C1CCCN(N1)C(=O)[C@H](C)NC(=O)[C@H](C(C)C)NC(=O)C(C)(C)/C=C/3. The van der Waals surface area contributed by atoms with E-state index < -0.39 is 47.4 Å². The number of ether oxygens (including phenoxy) is 2. The van der Waals surface area contributed by atoms with Crippen LogP contribution in [-0.4, -0.2) is 65.5 Å². The van der Waals surface area contributed by atoms with Gasteiger partial charge in [0, 0.05) is 24.6 Å². The number of pyridine rings is 1. The summed E-state index contributed by atoms with van der Waals surface area (Å²) in [6.45, 7) is 11.2. The van der Waals surface area contributed by atoms with E-state index in [-0.39, 0.29) is 18.4 Å². The van der Waals surface area contributed by atoms with E-state index in [1.165, 1.54) is 5.01 Å². The summed E-state index contributed by atoms with van der Waals surface area (Å²) in [5.74, 6) is -1.90. The lowest BCUT2D eigenvalue weighted by atomic mass is 9.89. The minimum absolute atomic E-state index is 0.231. The van der Waals surface area contributed by atoms with E-state index in [4.69, 9.17) is 14.5 Å². The Hall–Kier alpha value is -3.83. The monoisotopic (exact) mass is 593 g/mol. The molecular formula is C32H43N5O6. The van der Waals surface area contributed by atoms with Crippen molar-refractivity contribution >= 4 is 40.7 Å². The van der Waals surface area contributed by atoms with Gasteiger partial charge in [0.1, 0.15) is 24.2 Å². The Labute approximate surface area is 252 Å². The molecule has 0 radical (unpaired) electrons. The minimum atomic E-state index is -0.946. The number of hydrogen-bond acceptors (Lipinski definition) is 8. The van der Waals surface area contributed by atoms with Crippen molar-refractivity contribution in [1.29, 1.82) is 0 Å².